The van der Waals surface area contributed by atoms with Crippen molar-refractivity contribution in [1.29, 1.82) is 0 Å². The molecule has 0 amide bonds. The van der Waals surface area contributed by atoms with Gasteiger partial charge < -0.3 is 4.18 Å². The minimum atomic E-state index is -5.76. The number of rotatable bonds is 2. The first-order valence-electron chi connectivity index (χ1n) is 5.00. The Kier molecular flexibility index (Phi) is 3.79. The molecular weight excluding hydrogens is 340 g/mol. The van der Waals surface area contributed by atoms with Gasteiger partial charge in [0.1, 0.15) is 0 Å². The SMILES string of the molecule is O=S(=O)(Oc1cccc2cc(Cl)cc(Cl)c12)C(F)(F)F. The van der Waals surface area contributed by atoms with E-state index in [4.69, 9.17) is 23.2 Å². The Morgan fingerprint density at radius 3 is 2.35 bits per heavy atom. The molecule has 0 radical (unpaired) electrons. The van der Waals surface area contributed by atoms with Crippen molar-refractivity contribution in [3.05, 3.63) is 40.4 Å². The molecule has 0 unspecified atom stereocenters. The molecule has 0 aromatic heterocycles. The quantitative estimate of drug-likeness (QED) is 0.600. The van der Waals surface area contributed by atoms with Gasteiger partial charge in [0.15, 0.2) is 5.75 Å². The molecule has 0 bridgehead atoms. The van der Waals surface area contributed by atoms with E-state index in [1.54, 1.807) is 0 Å². The van der Waals surface area contributed by atoms with E-state index in [-0.39, 0.29) is 15.4 Å². The zero-order valence-corrected chi connectivity index (χ0v) is 11.7. The molecule has 0 saturated carbocycles. The second-order valence-corrected chi connectivity index (χ2v) is 6.11. The minimum Gasteiger partial charge on any atom is -0.375 e. The van der Waals surface area contributed by atoms with Gasteiger partial charge in [-0.25, -0.2) is 0 Å². The van der Waals surface area contributed by atoms with Gasteiger partial charge in [0.25, 0.3) is 0 Å². The monoisotopic (exact) mass is 344 g/mol. The highest BCUT2D eigenvalue weighted by atomic mass is 35.5. The second kappa shape index (κ2) is 4.98. The number of halogens is 5. The lowest BCUT2D eigenvalue weighted by atomic mass is 10.1. The molecule has 108 valence electrons. The van der Waals surface area contributed by atoms with Crippen LogP contribution >= 0.6 is 23.2 Å². The van der Waals surface area contributed by atoms with Crippen molar-refractivity contribution in [3.63, 3.8) is 0 Å². The standard InChI is InChI=1S/C11H5Cl2F3O3S/c12-7-4-6-2-1-3-9(10(6)8(13)5-7)19-20(17,18)11(14,15)16/h1-5H. The zero-order valence-electron chi connectivity index (χ0n) is 9.41. The molecule has 0 N–H and O–H groups in total. The fraction of sp³-hybridized carbons (Fsp3) is 0.0909. The van der Waals surface area contributed by atoms with Crippen LogP contribution in [-0.4, -0.2) is 13.9 Å². The van der Waals surface area contributed by atoms with Gasteiger partial charge in [-0.3, -0.25) is 0 Å². The maximum atomic E-state index is 12.3. The van der Waals surface area contributed by atoms with Crippen molar-refractivity contribution < 1.29 is 25.8 Å². The van der Waals surface area contributed by atoms with Gasteiger partial charge in [0, 0.05) is 10.4 Å². The molecule has 0 atom stereocenters. The highest BCUT2D eigenvalue weighted by Gasteiger charge is 2.48. The summed E-state index contributed by atoms with van der Waals surface area (Å²) in [7, 11) is -5.76. The van der Waals surface area contributed by atoms with Crippen LogP contribution in [0.2, 0.25) is 10.0 Å². The number of fused-ring (bicyclic) bond motifs is 1. The average molecular weight is 345 g/mol. The van der Waals surface area contributed by atoms with Crippen molar-refractivity contribution in [2.24, 2.45) is 0 Å². The maximum Gasteiger partial charge on any atom is 0.534 e. The van der Waals surface area contributed by atoms with E-state index < -0.39 is 21.4 Å². The number of alkyl halides is 3. The lowest BCUT2D eigenvalue weighted by molar-refractivity contribution is -0.0499. The van der Waals surface area contributed by atoms with E-state index in [1.807, 2.05) is 0 Å². The van der Waals surface area contributed by atoms with Crippen LogP contribution in [0.4, 0.5) is 13.2 Å². The van der Waals surface area contributed by atoms with Crippen LogP contribution in [0.15, 0.2) is 30.3 Å². The predicted molar refractivity (Wildman–Crippen MR) is 69.6 cm³/mol. The Balaban J connectivity index is 2.63. The summed E-state index contributed by atoms with van der Waals surface area (Å²) >= 11 is 11.6. The number of hydrogen-bond acceptors (Lipinski definition) is 3. The first-order valence-corrected chi connectivity index (χ1v) is 7.17. The Hall–Kier alpha value is -1.18. The first-order chi connectivity index (χ1) is 9.12. The zero-order chi connectivity index (χ0) is 15.1. The fourth-order valence-corrected chi connectivity index (χ4v) is 2.61. The normalized spacial score (nSPS) is 12.7. The summed E-state index contributed by atoms with van der Waals surface area (Å²) in [4.78, 5) is 0. The van der Waals surface area contributed by atoms with Gasteiger partial charge in [-0.2, -0.15) is 21.6 Å². The van der Waals surface area contributed by atoms with Crippen molar-refractivity contribution >= 4 is 44.1 Å². The third-order valence-electron chi connectivity index (χ3n) is 2.34. The molecule has 0 fully saturated rings. The number of hydrogen-bond donors (Lipinski definition) is 0. The molecule has 9 heteroatoms. The second-order valence-electron chi connectivity index (χ2n) is 3.73. The Labute approximate surface area is 122 Å². The third-order valence-corrected chi connectivity index (χ3v) is 3.82. The molecule has 0 saturated heterocycles. The first kappa shape index (κ1) is 15.2. The van der Waals surface area contributed by atoms with E-state index >= 15 is 0 Å². The van der Waals surface area contributed by atoms with Gasteiger partial charge in [-0.1, -0.05) is 35.3 Å². The average Bonchev–Trinajstić information content (AvgIpc) is 2.25. The van der Waals surface area contributed by atoms with Crippen LogP contribution < -0.4 is 4.18 Å². The van der Waals surface area contributed by atoms with Crippen LogP contribution in [-0.2, 0) is 10.1 Å². The van der Waals surface area contributed by atoms with Crippen molar-refractivity contribution in [1.82, 2.24) is 0 Å². The van der Waals surface area contributed by atoms with Crippen molar-refractivity contribution in [2.75, 3.05) is 0 Å². The summed E-state index contributed by atoms with van der Waals surface area (Å²) in [5, 5.41) is 0.641. The van der Waals surface area contributed by atoms with Crippen LogP contribution in [0.25, 0.3) is 10.8 Å². The van der Waals surface area contributed by atoms with Crippen molar-refractivity contribution in [2.45, 2.75) is 5.51 Å². The van der Waals surface area contributed by atoms with E-state index in [2.05, 4.69) is 4.18 Å². The summed E-state index contributed by atoms with van der Waals surface area (Å²) in [5.41, 5.74) is -5.52. The molecule has 0 aliphatic heterocycles. The van der Waals surface area contributed by atoms with Gasteiger partial charge in [-0.05, 0) is 23.6 Å². The van der Waals surface area contributed by atoms with E-state index in [9.17, 15) is 21.6 Å². The predicted octanol–water partition coefficient (Wildman–Crippen LogP) is 4.38. The largest absolute Gasteiger partial charge is 0.534 e. The van der Waals surface area contributed by atoms with Crippen LogP contribution in [0.3, 0.4) is 0 Å². The summed E-state index contributed by atoms with van der Waals surface area (Å²) in [6, 6.07) is 6.62. The Morgan fingerprint density at radius 1 is 1.10 bits per heavy atom. The molecule has 2 rings (SSSR count). The molecule has 3 nitrogen and oxygen atoms in total. The van der Waals surface area contributed by atoms with E-state index in [0.717, 1.165) is 6.07 Å². The molecule has 0 aliphatic rings. The van der Waals surface area contributed by atoms with Crippen LogP contribution in [0, 0.1) is 0 Å². The van der Waals surface area contributed by atoms with Gasteiger partial charge in [0.2, 0.25) is 0 Å². The molecule has 0 heterocycles. The summed E-state index contributed by atoms with van der Waals surface area (Å²) in [6.07, 6.45) is 0. The molecule has 20 heavy (non-hydrogen) atoms. The summed E-state index contributed by atoms with van der Waals surface area (Å²) in [6.45, 7) is 0. The summed E-state index contributed by atoms with van der Waals surface area (Å²) in [5.74, 6) is -0.513. The van der Waals surface area contributed by atoms with Gasteiger partial charge >= 0.3 is 15.6 Å². The minimum absolute atomic E-state index is 0.0134. The van der Waals surface area contributed by atoms with E-state index in [0.29, 0.717) is 5.39 Å². The smallest absolute Gasteiger partial charge is 0.375 e. The van der Waals surface area contributed by atoms with Gasteiger partial charge in [0.05, 0.1) is 5.02 Å². The highest BCUT2D eigenvalue weighted by Crippen LogP contribution is 2.37. The third kappa shape index (κ3) is 2.79. The Morgan fingerprint density at radius 2 is 1.75 bits per heavy atom. The fourth-order valence-electron chi connectivity index (χ4n) is 1.54. The topological polar surface area (TPSA) is 43.4 Å². The van der Waals surface area contributed by atoms with Crippen molar-refractivity contribution in [3.8, 4) is 5.75 Å². The molecule has 0 spiro atoms. The van der Waals surface area contributed by atoms with Gasteiger partial charge in [-0.15, -0.1) is 0 Å². The summed E-state index contributed by atoms with van der Waals surface area (Å²) < 4.78 is 63.1. The highest BCUT2D eigenvalue weighted by molar-refractivity contribution is 7.88. The lowest BCUT2D eigenvalue weighted by Crippen LogP contribution is -2.28. The van der Waals surface area contributed by atoms with Crippen LogP contribution in [0.1, 0.15) is 0 Å². The van der Waals surface area contributed by atoms with Crippen LogP contribution in [0.5, 0.6) is 5.75 Å². The van der Waals surface area contributed by atoms with E-state index in [1.165, 1.54) is 24.3 Å². The molecule has 0 aliphatic carbocycles. The Bertz CT molecular complexity index is 772. The maximum absolute atomic E-state index is 12.3. The number of benzene rings is 2. The molecular formula is C11H5Cl2F3O3S. The lowest BCUT2D eigenvalue weighted by Gasteiger charge is -2.12. The molecule has 2 aromatic rings. The molecule has 2 aromatic carbocycles.